The molecule has 0 saturated heterocycles. The predicted molar refractivity (Wildman–Crippen MR) is 39.6 cm³/mol. The SMILES string of the molecule is [CH2]Cc1ccnn1C1CC1. The van der Waals surface area contributed by atoms with E-state index in [1.807, 2.05) is 12.3 Å². The van der Waals surface area contributed by atoms with Gasteiger partial charge < -0.3 is 0 Å². The van der Waals surface area contributed by atoms with E-state index in [1.54, 1.807) is 0 Å². The van der Waals surface area contributed by atoms with Crippen LogP contribution >= 0.6 is 0 Å². The molecule has 2 heteroatoms. The van der Waals surface area contributed by atoms with Gasteiger partial charge in [-0.1, -0.05) is 0 Å². The Morgan fingerprint density at radius 2 is 2.50 bits per heavy atom. The Kier molecular flexibility index (Phi) is 1.26. The van der Waals surface area contributed by atoms with E-state index in [9.17, 15) is 0 Å². The average Bonchev–Trinajstić information content (AvgIpc) is 2.69. The topological polar surface area (TPSA) is 17.8 Å². The highest BCUT2D eigenvalue weighted by Gasteiger charge is 2.25. The van der Waals surface area contributed by atoms with Crippen molar-refractivity contribution in [2.24, 2.45) is 0 Å². The Morgan fingerprint density at radius 1 is 1.70 bits per heavy atom. The van der Waals surface area contributed by atoms with Crippen molar-refractivity contribution >= 4 is 0 Å². The lowest BCUT2D eigenvalue weighted by Crippen LogP contribution is -2.00. The van der Waals surface area contributed by atoms with Crippen molar-refractivity contribution in [2.45, 2.75) is 25.3 Å². The molecular formula is C8H11N2. The molecule has 1 aliphatic rings. The monoisotopic (exact) mass is 135 g/mol. The molecule has 1 aromatic heterocycles. The number of nitrogens with zero attached hydrogens (tertiary/aromatic N) is 2. The van der Waals surface area contributed by atoms with E-state index < -0.39 is 0 Å². The molecule has 53 valence electrons. The highest BCUT2D eigenvalue weighted by atomic mass is 15.3. The molecule has 0 bridgehead atoms. The Bertz CT molecular complexity index is 223. The smallest absolute Gasteiger partial charge is 0.0524 e. The highest BCUT2D eigenvalue weighted by Crippen LogP contribution is 2.34. The summed E-state index contributed by atoms with van der Waals surface area (Å²) in [7, 11) is 0. The van der Waals surface area contributed by atoms with Crippen LogP contribution in [0.5, 0.6) is 0 Å². The molecule has 1 heterocycles. The standard InChI is InChI=1S/C8H11N2/c1-2-7-5-6-9-10(7)8-3-4-8/h5-6,8H,1-4H2. The number of hydrogen-bond donors (Lipinski definition) is 0. The van der Waals surface area contributed by atoms with Crippen LogP contribution in [0.2, 0.25) is 0 Å². The van der Waals surface area contributed by atoms with Crippen molar-refractivity contribution in [1.29, 1.82) is 0 Å². The van der Waals surface area contributed by atoms with E-state index in [2.05, 4.69) is 16.7 Å². The van der Waals surface area contributed by atoms with Crippen molar-refractivity contribution in [3.05, 3.63) is 24.9 Å². The van der Waals surface area contributed by atoms with Crippen LogP contribution in [-0.2, 0) is 6.42 Å². The van der Waals surface area contributed by atoms with Crippen LogP contribution < -0.4 is 0 Å². The molecule has 10 heavy (non-hydrogen) atoms. The molecule has 0 spiro atoms. The molecule has 0 N–H and O–H groups in total. The quantitative estimate of drug-likeness (QED) is 0.602. The summed E-state index contributed by atoms with van der Waals surface area (Å²) in [5, 5.41) is 4.23. The molecule has 0 aromatic carbocycles. The second-order valence-corrected chi connectivity index (χ2v) is 2.75. The van der Waals surface area contributed by atoms with E-state index in [1.165, 1.54) is 18.5 Å². The Balaban J connectivity index is 2.28. The summed E-state index contributed by atoms with van der Waals surface area (Å²) in [6.45, 7) is 3.84. The Labute approximate surface area is 60.9 Å². The van der Waals surface area contributed by atoms with Gasteiger partial charge >= 0.3 is 0 Å². The molecule has 2 rings (SSSR count). The molecule has 0 unspecified atom stereocenters. The van der Waals surface area contributed by atoms with Crippen LogP contribution in [0.4, 0.5) is 0 Å². The number of rotatable bonds is 2. The summed E-state index contributed by atoms with van der Waals surface area (Å²) < 4.78 is 2.10. The zero-order valence-corrected chi connectivity index (χ0v) is 5.95. The van der Waals surface area contributed by atoms with Crippen LogP contribution in [-0.4, -0.2) is 9.78 Å². The third kappa shape index (κ3) is 0.838. The van der Waals surface area contributed by atoms with Gasteiger partial charge in [-0.05, 0) is 32.3 Å². The summed E-state index contributed by atoms with van der Waals surface area (Å²) in [6, 6.07) is 2.75. The van der Waals surface area contributed by atoms with E-state index in [-0.39, 0.29) is 0 Å². The van der Waals surface area contributed by atoms with Gasteiger partial charge in [0, 0.05) is 11.9 Å². The van der Waals surface area contributed by atoms with E-state index in [0.29, 0.717) is 6.04 Å². The lowest BCUT2D eigenvalue weighted by atomic mass is 10.3. The molecule has 0 atom stereocenters. The van der Waals surface area contributed by atoms with Crippen LogP contribution in [0.25, 0.3) is 0 Å². The first-order chi connectivity index (χ1) is 4.92. The van der Waals surface area contributed by atoms with Gasteiger partial charge in [-0.15, -0.1) is 0 Å². The maximum Gasteiger partial charge on any atom is 0.0524 e. The van der Waals surface area contributed by atoms with Crippen molar-refractivity contribution in [3.8, 4) is 0 Å². The lowest BCUT2D eigenvalue weighted by molar-refractivity contribution is 0.614. The van der Waals surface area contributed by atoms with Crippen molar-refractivity contribution in [1.82, 2.24) is 9.78 Å². The minimum atomic E-state index is 0.701. The second-order valence-electron chi connectivity index (χ2n) is 2.75. The fourth-order valence-electron chi connectivity index (χ4n) is 1.19. The van der Waals surface area contributed by atoms with Gasteiger partial charge in [-0.3, -0.25) is 4.68 Å². The van der Waals surface area contributed by atoms with Gasteiger partial charge in [0.1, 0.15) is 0 Å². The third-order valence-corrected chi connectivity index (χ3v) is 1.90. The van der Waals surface area contributed by atoms with Gasteiger partial charge in [0.05, 0.1) is 6.04 Å². The normalized spacial score (nSPS) is 17.7. The van der Waals surface area contributed by atoms with Gasteiger partial charge in [0.2, 0.25) is 0 Å². The van der Waals surface area contributed by atoms with E-state index in [0.717, 1.165) is 6.42 Å². The van der Waals surface area contributed by atoms with E-state index in [4.69, 9.17) is 0 Å². The first kappa shape index (κ1) is 5.96. The predicted octanol–water partition coefficient (Wildman–Crippen LogP) is 1.59. The zero-order chi connectivity index (χ0) is 6.97. The van der Waals surface area contributed by atoms with Crippen LogP contribution in [0.15, 0.2) is 12.3 Å². The molecule has 1 radical (unpaired) electrons. The maximum atomic E-state index is 4.23. The molecule has 1 saturated carbocycles. The second kappa shape index (κ2) is 2.11. The molecular weight excluding hydrogens is 124 g/mol. The van der Waals surface area contributed by atoms with Crippen LogP contribution in [0, 0.1) is 6.92 Å². The zero-order valence-electron chi connectivity index (χ0n) is 5.95. The third-order valence-electron chi connectivity index (χ3n) is 1.90. The molecule has 0 amide bonds. The molecule has 2 nitrogen and oxygen atoms in total. The average molecular weight is 135 g/mol. The summed E-state index contributed by atoms with van der Waals surface area (Å²) in [4.78, 5) is 0. The Hall–Kier alpha value is -0.790. The Morgan fingerprint density at radius 3 is 3.10 bits per heavy atom. The van der Waals surface area contributed by atoms with Gasteiger partial charge in [-0.2, -0.15) is 5.10 Å². The lowest BCUT2D eigenvalue weighted by Gasteiger charge is -2.00. The van der Waals surface area contributed by atoms with Crippen molar-refractivity contribution in [3.63, 3.8) is 0 Å². The van der Waals surface area contributed by atoms with Gasteiger partial charge in [0.15, 0.2) is 0 Å². The first-order valence-corrected chi connectivity index (χ1v) is 3.73. The van der Waals surface area contributed by atoms with Gasteiger partial charge in [-0.25, -0.2) is 0 Å². The van der Waals surface area contributed by atoms with E-state index >= 15 is 0 Å². The summed E-state index contributed by atoms with van der Waals surface area (Å²) in [6.07, 6.45) is 5.32. The minimum absolute atomic E-state index is 0.701. The largest absolute Gasteiger partial charge is 0.267 e. The minimum Gasteiger partial charge on any atom is -0.267 e. The van der Waals surface area contributed by atoms with Crippen LogP contribution in [0.3, 0.4) is 0 Å². The molecule has 1 aliphatic carbocycles. The van der Waals surface area contributed by atoms with Crippen LogP contribution in [0.1, 0.15) is 24.6 Å². The molecule has 1 fully saturated rings. The maximum absolute atomic E-state index is 4.23. The first-order valence-electron chi connectivity index (χ1n) is 3.73. The summed E-state index contributed by atoms with van der Waals surface area (Å²) >= 11 is 0. The summed E-state index contributed by atoms with van der Waals surface area (Å²) in [5.41, 5.74) is 1.27. The molecule has 1 aromatic rings. The van der Waals surface area contributed by atoms with Gasteiger partial charge in [0.25, 0.3) is 0 Å². The summed E-state index contributed by atoms with van der Waals surface area (Å²) in [5.74, 6) is 0. The molecule has 0 aliphatic heterocycles. The number of hydrogen-bond acceptors (Lipinski definition) is 1. The number of aromatic nitrogens is 2. The van der Waals surface area contributed by atoms with Crippen molar-refractivity contribution in [2.75, 3.05) is 0 Å². The van der Waals surface area contributed by atoms with Crippen molar-refractivity contribution < 1.29 is 0 Å². The highest BCUT2D eigenvalue weighted by molar-refractivity contribution is 5.04. The fourth-order valence-corrected chi connectivity index (χ4v) is 1.19. The fraction of sp³-hybridized carbons (Fsp3) is 0.500.